The van der Waals surface area contributed by atoms with Gasteiger partial charge in [0.2, 0.25) is 0 Å². The van der Waals surface area contributed by atoms with Crippen molar-refractivity contribution in [3.63, 3.8) is 0 Å². The van der Waals surface area contributed by atoms with Gasteiger partial charge in [-0.3, -0.25) is 9.69 Å². The fourth-order valence-electron chi connectivity index (χ4n) is 3.19. The number of aliphatic imine (C=N–C) groups is 1. The van der Waals surface area contributed by atoms with E-state index in [2.05, 4.69) is 6.07 Å². The van der Waals surface area contributed by atoms with Gasteiger partial charge in [-0.1, -0.05) is 90.5 Å². The molecule has 0 radical (unpaired) electrons. The maximum atomic E-state index is 13.1. The first-order chi connectivity index (χ1) is 13.2. The molecule has 1 aliphatic rings. The second-order valence-electron chi connectivity index (χ2n) is 6.62. The quantitative estimate of drug-likeness (QED) is 0.619. The molecule has 3 aromatic rings. The summed E-state index contributed by atoms with van der Waals surface area (Å²) < 4.78 is 0. The molecule has 3 heteroatoms. The molecule has 0 atom stereocenters. The van der Waals surface area contributed by atoms with Gasteiger partial charge in [-0.2, -0.15) is 0 Å². The topological polar surface area (TPSA) is 32.7 Å². The summed E-state index contributed by atoms with van der Waals surface area (Å²) in [6, 6.07) is 27.9. The molecule has 0 aromatic heterocycles. The molecule has 3 nitrogen and oxygen atoms in total. The molecule has 1 heterocycles. The first-order valence-electron chi connectivity index (χ1n) is 8.99. The van der Waals surface area contributed by atoms with Crippen molar-refractivity contribution in [2.24, 2.45) is 4.99 Å². The Kier molecular flexibility index (Phi) is 4.67. The number of amidine groups is 1. The zero-order valence-corrected chi connectivity index (χ0v) is 15.2. The van der Waals surface area contributed by atoms with E-state index in [4.69, 9.17) is 4.99 Å². The molecule has 4 rings (SSSR count). The van der Waals surface area contributed by atoms with Gasteiger partial charge in [-0.25, -0.2) is 4.99 Å². The largest absolute Gasteiger partial charge is 0.286 e. The third-order valence-electron chi connectivity index (χ3n) is 4.51. The summed E-state index contributed by atoms with van der Waals surface area (Å²) in [6.45, 7) is 2.54. The minimum absolute atomic E-state index is 0.0702. The normalized spacial score (nSPS) is 15.3. The Hall–Kier alpha value is -3.46. The van der Waals surface area contributed by atoms with Crippen LogP contribution in [0.4, 0.5) is 0 Å². The van der Waals surface area contributed by atoms with Crippen LogP contribution >= 0.6 is 0 Å². The number of hydrogen-bond donors (Lipinski definition) is 0. The van der Waals surface area contributed by atoms with Crippen molar-refractivity contribution in [1.29, 1.82) is 0 Å². The predicted octanol–water partition coefficient (Wildman–Crippen LogP) is 4.83. The molecule has 27 heavy (non-hydrogen) atoms. The highest BCUT2D eigenvalue weighted by Crippen LogP contribution is 2.24. The van der Waals surface area contributed by atoms with Gasteiger partial charge in [-0.15, -0.1) is 0 Å². The number of carbonyl (C=O) groups is 1. The lowest BCUT2D eigenvalue weighted by atomic mass is 10.1. The van der Waals surface area contributed by atoms with Crippen LogP contribution in [0.15, 0.2) is 95.6 Å². The van der Waals surface area contributed by atoms with Crippen LogP contribution in [0.2, 0.25) is 0 Å². The van der Waals surface area contributed by atoms with Gasteiger partial charge in [0, 0.05) is 5.56 Å². The summed E-state index contributed by atoms with van der Waals surface area (Å²) in [7, 11) is 0. The Bertz CT molecular complexity index is 1020. The van der Waals surface area contributed by atoms with Crippen LogP contribution in [0.25, 0.3) is 6.08 Å². The van der Waals surface area contributed by atoms with Crippen molar-refractivity contribution in [3.05, 3.63) is 113 Å². The maximum Gasteiger partial charge on any atom is 0.278 e. The summed E-state index contributed by atoms with van der Waals surface area (Å²) in [5, 5.41) is 0. The van der Waals surface area contributed by atoms with Crippen LogP contribution in [0.3, 0.4) is 0 Å². The minimum atomic E-state index is -0.0702. The molecule has 0 unspecified atom stereocenters. The number of carbonyl (C=O) groups excluding carboxylic acids is 1. The highest BCUT2D eigenvalue weighted by molar-refractivity contribution is 6.19. The van der Waals surface area contributed by atoms with E-state index in [1.54, 1.807) is 4.90 Å². The van der Waals surface area contributed by atoms with E-state index in [1.807, 2.05) is 91.9 Å². The van der Waals surface area contributed by atoms with Crippen molar-refractivity contribution in [3.8, 4) is 0 Å². The molecule has 0 aliphatic carbocycles. The molecule has 0 N–H and O–H groups in total. The Labute approximate surface area is 159 Å². The van der Waals surface area contributed by atoms with Crippen LogP contribution in [0, 0.1) is 6.92 Å². The Morgan fingerprint density at radius 3 is 2.30 bits per heavy atom. The summed E-state index contributed by atoms with van der Waals surface area (Å²) in [5.74, 6) is 0.627. The first-order valence-corrected chi connectivity index (χ1v) is 8.99. The second kappa shape index (κ2) is 7.42. The number of benzene rings is 3. The van der Waals surface area contributed by atoms with E-state index in [0.717, 1.165) is 22.3 Å². The Morgan fingerprint density at radius 2 is 1.59 bits per heavy atom. The van der Waals surface area contributed by atoms with Gasteiger partial charge in [0.1, 0.15) is 11.5 Å². The Balaban J connectivity index is 1.74. The smallest absolute Gasteiger partial charge is 0.278 e. The van der Waals surface area contributed by atoms with Crippen LogP contribution in [-0.4, -0.2) is 16.6 Å². The van der Waals surface area contributed by atoms with E-state index in [-0.39, 0.29) is 5.91 Å². The van der Waals surface area contributed by atoms with Gasteiger partial charge < -0.3 is 0 Å². The van der Waals surface area contributed by atoms with E-state index in [0.29, 0.717) is 18.1 Å². The number of amides is 1. The molecule has 0 fully saturated rings. The van der Waals surface area contributed by atoms with Gasteiger partial charge >= 0.3 is 0 Å². The van der Waals surface area contributed by atoms with Crippen molar-refractivity contribution in [1.82, 2.24) is 4.90 Å². The lowest BCUT2D eigenvalue weighted by molar-refractivity contribution is -0.123. The molecule has 0 bridgehead atoms. The lowest BCUT2D eigenvalue weighted by Gasteiger charge is -2.18. The monoisotopic (exact) mass is 352 g/mol. The fraction of sp³-hybridized carbons (Fsp3) is 0.0833. The molecule has 0 spiro atoms. The third-order valence-corrected chi connectivity index (χ3v) is 4.51. The minimum Gasteiger partial charge on any atom is -0.286 e. The van der Waals surface area contributed by atoms with E-state index < -0.39 is 0 Å². The van der Waals surface area contributed by atoms with Crippen molar-refractivity contribution in [2.45, 2.75) is 13.5 Å². The molecule has 1 amide bonds. The highest BCUT2D eigenvalue weighted by Gasteiger charge is 2.31. The summed E-state index contributed by atoms with van der Waals surface area (Å²) >= 11 is 0. The van der Waals surface area contributed by atoms with Crippen molar-refractivity contribution >= 4 is 17.8 Å². The zero-order chi connectivity index (χ0) is 18.6. The predicted molar refractivity (Wildman–Crippen MR) is 109 cm³/mol. The first kappa shape index (κ1) is 17.0. The summed E-state index contributed by atoms with van der Waals surface area (Å²) in [4.78, 5) is 19.6. The maximum absolute atomic E-state index is 13.1. The van der Waals surface area contributed by atoms with Crippen LogP contribution < -0.4 is 0 Å². The van der Waals surface area contributed by atoms with Crippen molar-refractivity contribution < 1.29 is 4.79 Å². The molecular weight excluding hydrogens is 332 g/mol. The second-order valence-corrected chi connectivity index (χ2v) is 6.62. The van der Waals surface area contributed by atoms with Gasteiger partial charge in [-0.05, 0) is 24.1 Å². The average Bonchev–Trinajstić information content (AvgIpc) is 2.99. The van der Waals surface area contributed by atoms with Crippen molar-refractivity contribution in [2.75, 3.05) is 0 Å². The lowest BCUT2D eigenvalue weighted by Crippen LogP contribution is -2.32. The Morgan fingerprint density at radius 1 is 0.889 bits per heavy atom. The SMILES string of the molecule is Cc1cccc(/C=C2/N=C(c3ccccc3)N(Cc3ccccc3)C2=O)c1. The molecule has 0 saturated carbocycles. The molecule has 132 valence electrons. The standard InChI is InChI=1S/C24H20N2O/c1-18-9-8-12-20(15-18)16-22-24(27)26(17-19-10-4-2-5-11-19)23(25-22)21-13-6-3-7-14-21/h2-16H,17H2,1H3/b22-16+. The summed E-state index contributed by atoms with van der Waals surface area (Å²) in [5.41, 5.74) is 4.62. The molecule has 1 aliphatic heterocycles. The van der Waals surface area contributed by atoms with Crippen LogP contribution in [0.1, 0.15) is 22.3 Å². The number of hydrogen-bond acceptors (Lipinski definition) is 2. The summed E-state index contributed by atoms with van der Waals surface area (Å²) in [6.07, 6.45) is 1.86. The van der Waals surface area contributed by atoms with Crippen LogP contribution in [0.5, 0.6) is 0 Å². The van der Waals surface area contributed by atoms with Gasteiger partial charge in [0.05, 0.1) is 6.54 Å². The molecule has 0 saturated heterocycles. The van der Waals surface area contributed by atoms with Gasteiger partial charge in [0.15, 0.2) is 0 Å². The van der Waals surface area contributed by atoms with Gasteiger partial charge in [0.25, 0.3) is 5.91 Å². The zero-order valence-electron chi connectivity index (χ0n) is 15.2. The third kappa shape index (κ3) is 3.72. The van der Waals surface area contributed by atoms with Crippen LogP contribution in [-0.2, 0) is 11.3 Å². The number of nitrogens with zero attached hydrogens (tertiary/aromatic N) is 2. The highest BCUT2D eigenvalue weighted by atomic mass is 16.2. The van der Waals surface area contributed by atoms with E-state index in [1.165, 1.54) is 0 Å². The number of rotatable bonds is 4. The molecular formula is C24H20N2O. The fourth-order valence-corrected chi connectivity index (χ4v) is 3.19. The number of aryl methyl sites for hydroxylation is 1. The van der Waals surface area contributed by atoms with E-state index in [9.17, 15) is 4.79 Å². The van der Waals surface area contributed by atoms with E-state index >= 15 is 0 Å². The average molecular weight is 352 g/mol. The molecule has 3 aromatic carbocycles.